The number of rotatable bonds is 6. The van der Waals surface area contributed by atoms with E-state index in [0.29, 0.717) is 25.8 Å². The van der Waals surface area contributed by atoms with Crippen LogP contribution in [0.4, 0.5) is 0 Å². The van der Waals surface area contributed by atoms with Gasteiger partial charge >= 0.3 is 5.97 Å². The van der Waals surface area contributed by atoms with Crippen molar-refractivity contribution in [1.29, 1.82) is 0 Å². The average molecular weight is 358 g/mol. The SMILES string of the molecule is NC(Cc1c[nH]c2ccccc12)C(=O)N1CCCC1C(=O)NCC(=O)O. The minimum absolute atomic E-state index is 0.289. The smallest absolute Gasteiger partial charge is 0.322 e. The summed E-state index contributed by atoms with van der Waals surface area (Å²) in [5, 5.41) is 12.0. The molecule has 1 fully saturated rings. The molecule has 8 nitrogen and oxygen atoms in total. The van der Waals surface area contributed by atoms with Gasteiger partial charge in [0.1, 0.15) is 12.6 Å². The number of carbonyl (C=O) groups is 3. The molecule has 1 aromatic heterocycles. The maximum Gasteiger partial charge on any atom is 0.322 e. The molecule has 1 aromatic carbocycles. The van der Waals surface area contributed by atoms with Gasteiger partial charge in [-0.25, -0.2) is 0 Å². The highest BCUT2D eigenvalue weighted by Gasteiger charge is 2.36. The topological polar surface area (TPSA) is 129 Å². The van der Waals surface area contributed by atoms with Crippen LogP contribution in [0.5, 0.6) is 0 Å². The molecular weight excluding hydrogens is 336 g/mol. The summed E-state index contributed by atoms with van der Waals surface area (Å²) >= 11 is 0. The number of hydrogen-bond donors (Lipinski definition) is 4. The van der Waals surface area contributed by atoms with E-state index in [-0.39, 0.29) is 5.91 Å². The molecule has 5 N–H and O–H groups in total. The fourth-order valence-electron chi connectivity index (χ4n) is 3.42. The number of fused-ring (bicyclic) bond motifs is 1. The van der Waals surface area contributed by atoms with E-state index in [1.54, 1.807) is 0 Å². The van der Waals surface area contributed by atoms with Crippen LogP contribution in [0.3, 0.4) is 0 Å². The largest absolute Gasteiger partial charge is 0.480 e. The zero-order chi connectivity index (χ0) is 18.7. The first-order valence-corrected chi connectivity index (χ1v) is 8.58. The molecule has 8 heteroatoms. The Kier molecular flexibility index (Phi) is 5.22. The van der Waals surface area contributed by atoms with Crippen LogP contribution < -0.4 is 11.1 Å². The van der Waals surface area contributed by atoms with E-state index < -0.39 is 30.5 Å². The first kappa shape index (κ1) is 17.9. The Balaban J connectivity index is 1.67. The standard InChI is InChI=1S/C18H22N4O4/c19-13(8-11-9-20-14-5-2-1-4-12(11)14)18(26)22-7-3-6-15(22)17(25)21-10-16(23)24/h1-2,4-5,9,13,15,20H,3,6-8,10,19H2,(H,21,25)(H,23,24). The summed E-state index contributed by atoms with van der Waals surface area (Å²) < 4.78 is 0. The maximum atomic E-state index is 12.8. The van der Waals surface area contributed by atoms with Crippen molar-refractivity contribution in [3.05, 3.63) is 36.0 Å². The van der Waals surface area contributed by atoms with Crippen LogP contribution in [0.2, 0.25) is 0 Å². The average Bonchev–Trinajstić information content (AvgIpc) is 3.26. The van der Waals surface area contributed by atoms with Crippen molar-refractivity contribution in [2.45, 2.75) is 31.3 Å². The second-order valence-electron chi connectivity index (χ2n) is 6.47. The molecule has 3 rings (SSSR count). The molecule has 1 aliphatic heterocycles. The molecule has 2 amide bonds. The lowest BCUT2D eigenvalue weighted by Gasteiger charge is -2.26. The van der Waals surface area contributed by atoms with Crippen molar-refractivity contribution < 1.29 is 19.5 Å². The number of nitrogens with one attached hydrogen (secondary N) is 2. The summed E-state index contributed by atoms with van der Waals surface area (Å²) in [5.74, 6) is -1.86. The molecule has 26 heavy (non-hydrogen) atoms. The summed E-state index contributed by atoms with van der Waals surface area (Å²) in [4.78, 5) is 40.2. The van der Waals surface area contributed by atoms with Crippen LogP contribution in [0.1, 0.15) is 18.4 Å². The lowest BCUT2D eigenvalue weighted by molar-refractivity contribution is -0.141. The Morgan fingerprint density at radius 2 is 2.12 bits per heavy atom. The van der Waals surface area contributed by atoms with E-state index >= 15 is 0 Å². The van der Waals surface area contributed by atoms with Gasteiger partial charge in [-0.2, -0.15) is 0 Å². The highest BCUT2D eigenvalue weighted by molar-refractivity contribution is 5.92. The molecular formula is C18H22N4O4. The molecule has 0 bridgehead atoms. The number of carbonyl (C=O) groups excluding carboxylic acids is 2. The lowest BCUT2D eigenvalue weighted by atomic mass is 10.0. The minimum atomic E-state index is -1.12. The summed E-state index contributed by atoms with van der Waals surface area (Å²) in [5.41, 5.74) is 8.07. The van der Waals surface area contributed by atoms with Gasteiger partial charge in [-0.15, -0.1) is 0 Å². The van der Waals surface area contributed by atoms with E-state index in [1.807, 2.05) is 30.5 Å². The van der Waals surface area contributed by atoms with Crippen molar-refractivity contribution in [3.8, 4) is 0 Å². The highest BCUT2D eigenvalue weighted by Crippen LogP contribution is 2.22. The maximum absolute atomic E-state index is 12.8. The van der Waals surface area contributed by atoms with Gasteiger partial charge in [0, 0.05) is 23.6 Å². The van der Waals surface area contributed by atoms with E-state index in [0.717, 1.165) is 16.5 Å². The molecule has 0 spiro atoms. The van der Waals surface area contributed by atoms with Crippen molar-refractivity contribution in [1.82, 2.24) is 15.2 Å². The van der Waals surface area contributed by atoms with E-state index in [9.17, 15) is 14.4 Å². The molecule has 0 aliphatic carbocycles. The number of nitrogens with two attached hydrogens (primary N) is 1. The van der Waals surface area contributed by atoms with Crippen molar-refractivity contribution >= 4 is 28.7 Å². The monoisotopic (exact) mass is 358 g/mol. The molecule has 1 aliphatic rings. The molecule has 2 atom stereocenters. The van der Waals surface area contributed by atoms with Gasteiger partial charge in [0.25, 0.3) is 0 Å². The molecule has 2 aromatic rings. The third kappa shape index (κ3) is 3.70. The lowest BCUT2D eigenvalue weighted by Crippen LogP contribution is -2.52. The van der Waals surface area contributed by atoms with E-state index in [4.69, 9.17) is 10.8 Å². The number of aliphatic carboxylic acids is 1. The number of benzene rings is 1. The van der Waals surface area contributed by atoms with Crippen LogP contribution >= 0.6 is 0 Å². The predicted molar refractivity (Wildman–Crippen MR) is 95.4 cm³/mol. The first-order valence-electron chi connectivity index (χ1n) is 8.58. The summed E-state index contributed by atoms with van der Waals surface area (Å²) in [7, 11) is 0. The second-order valence-corrected chi connectivity index (χ2v) is 6.47. The van der Waals surface area contributed by atoms with Gasteiger partial charge in [0.2, 0.25) is 11.8 Å². The van der Waals surface area contributed by atoms with Gasteiger partial charge in [-0.05, 0) is 30.9 Å². The van der Waals surface area contributed by atoms with Crippen LogP contribution in [-0.2, 0) is 20.8 Å². The van der Waals surface area contributed by atoms with Gasteiger partial charge in [-0.1, -0.05) is 18.2 Å². The summed E-state index contributed by atoms with van der Waals surface area (Å²) in [6.07, 6.45) is 3.41. The van der Waals surface area contributed by atoms with Crippen LogP contribution in [0.15, 0.2) is 30.5 Å². The highest BCUT2D eigenvalue weighted by atomic mass is 16.4. The number of carboxylic acids is 1. The molecule has 1 saturated heterocycles. The molecule has 2 heterocycles. The molecule has 0 saturated carbocycles. The quantitative estimate of drug-likeness (QED) is 0.587. The number of aromatic nitrogens is 1. The van der Waals surface area contributed by atoms with Crippen molar-refractivity contribution in [3.63, 3.8) is 0 Å². The number of aromatic amines is 1. The first-order chi connectivity index (χ1) is 12.5. The molecule has 0 radical (unpaired) electrons. The Labute approximate surface area is 150 Å². The summed E-state index contributed by atoms with van der Waals surface area (Å²) in [6.45, 7) is -0.00959. The van der Waals surface area contributed by atoms with Gasteiger partial charge < -0.3 is 26.0 Å². The number of likely N-dealkylation sites (tertiary alicyclic amines) is 1. The number of amides is 2. The fraction of sp³-hybridized carbons (Fsp3) is 0.389. The van der Waals surface area contributed by atoms with E-state index in [2.05, 4.69) is 10.3 Å². The normalized spacial score (nSPS) is 18.0. The number of hydrogen-bond acceptors (Lipinski definition) is 4. The van der Waals surface area contributed by atoms with Crippen molar-refractivity contribution in [2.24, 2.45) is 5.73 Å². The van der Waals surface area contributed by atoms with Gasteiger partial charge in [0.15, 0.2) is 0 Å². The van der Waals surface area contributed by atoms with Crippen LogP contribution in [0, 0.1) is 0 Å². The predicted octanol–water partition coefficient (Wildman–Crippen LogP) is 0.230. The Bertz CT molecular complexity index is 831. The van der Waals surface area contributed by atoms with Crippen molar-refractivity contribution in [2.75, 3.05) is 13.1 Å². The Hall–Kier alpha value is -2.87. The third-order valence-electron chi connectivity index (χ3n) is 4.68. The fourth-order valence-corrected chi connectivity index (χ4v) is 3.42. The Morgan fingerprint density at radius 3 is 2.88 bits per heavy atom. The molecule has 2 unspecified atom stereocenters. The van der Waals surface area contributed by atoms with Crippen LogP contribution in [-0.4, -0.2) is 57.9 Å². The zero-order valence-corrected chi connectivity index (χ0v) is 14.3. The third-order valence-corrected chi connectivity index (χ3v) is 4.68. The number of H-pyrrole nitrogens is 1. The van der Waals surface area contributed by atoms with E-state index in [1.165, 1.54) is 4.90 Å². The van der Waals surface area contributed by atoms with Gasteiger partial charge in [0.05, 0.1) is 6.04 Å². The number of para-hydroxylation sites is 1. The summed E-state index contributed by atoms with van der Waals surface area (Å²) in [6, 6.07) is 6.36. The Morgan fingerprint density at radius 1 is 1.35 bits per heavy atom. The second kappa shape index (κ2) is 7.57. The van der Waals surface area contributed by atoms with Gasteiger partial charge in [-0.3, -0.25) is 14.4 Å². The number of carboxylic acid groups (broad SMARTS) is 1. The van der Waals surface area contributed by atoms with Crippen LogP contribution in [0.25, 0.3) is 10.9 Å². The zero-order valence-electron chi connectivity index (χ0n) is 14.3. The minimum Gasteiger partial charge on any atom is -0.480 e. The molecule has 138 valence electrons. The number of nitrogens with zero attached hydrogens (tertiary/aromatic N) is 1.